The summed E-state index contributed by atoms with van der Waals surface area (Å²) in [5.74, 6) is 3.30. The van der Waals surface area contributed by atoms with Gasteiger partial charge in [0.2, 0.25) is 0 Å². The minimum Gasteiger partial charge on any atom is -0.487 e. The normalized spacial score (nSPS) is 27.3. The first-order chi connectivity index (χ1) is 9.06. The van der Waals surface area contributed by atoms with Crippen LogP contribution in [0.25, 0.3) is 0 Å². The van der Waals surface area contributed by atoms with Crippen LogP contribution in [0.2, 0.25) is 0 Å². The third kappa shape index (κ3) is 3.85. The van der Waals surface area contributed by atoms with Gasteiger partial charge in [0, 0.05) is 12.2 Å². The minimum absolute atomic E-state index is 0.175. The van der Waals surface area contributed by atoms with E-state index in [0.29, 0.717) is 12.0 Å². The molecule has 1 N–H and O–H groups in total. The molecule has 1 aliphatic rings. The molecule has 1 saturated carbocycles. The van der Waals surface area contributed by atoms with Crippen LogP contribution < -0.4 is 10.1 Å². The lowest BCUT2D eigenvalue weighted by Crippen LogP contribution is -2.33. The molecular formula is C16H26N2O. The van der Waals surface area contributed by atoms with Crippen LogP contribution >= 0.6 is 0 Å². The Morgan fingerprint density at radius 1 is 1.32 bits per heavy atom. The van der Waals surface area contributed by atoms with Crippen LogP contribution in [0.5, 0.6) is 5.75 Å². The molecule has 106 valence electrons. The van der Waals surface area contributed by atoms with Crippen molar-refractivity contribution in [3.05, 3.63) is 18.3 Å². The molecule has 0 saturated heterocycles. The van der Waals surface area contributed by atoms with E-state index in [9.17, 15) is 0 Å². The average Bonchev–Trinajstić information content (AvgIpc) is 2.34. The summed E-state index contributed by atoms with van der Waals surface area (Å²) in [6, 6.07) is 4.43. The smallest absolute Gasteiger partial charge is 0.168 e. The van der Waals surface area contributed by atoms with Crippen molar-refractivity contribution in [2.75, 3.05) is 5.32 Å². The zero-order valence-corrected chi connectivity index (χ0v) is 12.5. The predicted octanol–water partition coefficient (Wildman–Crippen LogP) is 4.11. The molecule has 19 heavy (non-hydrogen) atoms. The van der Waals surface area contributed by atoms with E-state index < -0.39 is 0 Å². The van der Waals surface area contributed by atoms with E-state index in [1.807, 2.05) is 32.2 Å². The first kappa shape index (κ1) is 14.2. The van der Waals surface area contributed by atoms with E-state index in [4.69, 9.17) is 4.74 Å². The Labute approximate surface area is 116 Å². The monoisotopic (exact) mass is 262 g/mol. The second kappa shape index (κ2) is 6.27. The molecule has 1 aromatic rings. The Kier molecular flexibility index (Phi) is 4.67. The average molecular weight is 262 g/mol. The lowest BCUT2D eigenvalue weighted by molar-refractivity contribution is 0.240. The van der Waals surface area contributed by atoms with Gasteiger partial charge in [0.1, 0.15) is 0 Å². The Balaban J connectivity index is 2.06. The maximum atomic E-state index is 5.82. The van der Waals surface area contributed by atoms with Gasteiger partial charge in [-0.3, -0.25) is 0 Å². The molecule has 1 aromatic heterocycles. The Morgan fingerprint density at radius 2 is 2.11 bits per heavy atom. The minimum atomic E-state index is 0.175. The summed E-state index contributed by atoms with van der Waals surface area (Å²) in [4.78, 5) is 4.44. The highest BCUT2D eigenvalue weighted by Gasteiger charge is 2.26. The summed E-state index contributed by atoms with van der Waals surface area (Å²) in [5, 5.41) is 3.59. The van der Waals surface area contributed by atoms with Gasteiger partial charge < -0.3 is 10.1 Å². The Morgan fingerprint density at radius 3 is 2.79 bits per heavy atom. The van der Waals surface area contributed by atoms with Crippen LogP contribution in [0.1, 0.15) is 47.0 Å². The molecule has 3 atom stereocenters. The summed E-state index contributed by atoms with van der Waals surface area (Å²) >= 11 is 0. The van der Waals surface area contributed by atoms with Gasteiger partial charge in [0.15, 0.2) is 11.6 Å². The number of pyridine rings is 1. The highest BCUT2D eigenvalue weighted by molar-refractivity contribution is 5.50. The van der Waals surface area contributed by atoms with Crippen LogP contribution in [-0.2, 0) is 0 Å². The zero-order chi connectivity index (χ0) is 13.8. The van der Waals surface area contributed by atoms with Gasteiger partial charge in [-0.2, -0.15) is 0 Å². The number of rotatable bonds is 4. The summed E-state index contributed by atoms with van der Waals surface area (Å²) in [7, 11) is 0. The maximum Gasteiger partial charge on any atom is 0.168 e. The highest BCUT2D eigenvalue weighted by Crippen LogP contribution is 2.32. The lowest BCUT2D eigenvalue weighted by Gasteiger charge is -2.33. The van der Waals surface area contributed by atoms with Crippen LogP contribution in [0.3, 0.4) is 0 Å². The molecule has 3 unspecified atom stereocenters. The summed E-state index contributed by atoms with van der Waals surface area (Å²) < 4.78 is 5.82. The Bertz CT molecular complexity index is 405. The number of nitrogens with zero attached hydrogens (tertiary/aromatic N) is 1. The van der Waals surface area contributed by atoms with Gasteiger partial charge in [-0.15, -0.1) is 0 Å². The van der Waals surface area contributed by atoms with E-state index in [-0.39, 0.29) is 6.10 Å². The van der Waals surface area contributed by atoms with Crippen molar-refractivity contribution in [3.8, 4) is 5.75 Å². The van der Waals surface area contributed by atoms with Crippen molar-refractivity contribution < 1.29 is 4.74 Å². The number of aromatic nitrogens is 1. The van der Waals surface area contributed by atoms with Crippen molar-refractivity contribution in [2.24, 2.45) is 11.8 Å². The molecule has 1 aliphatic carbocycles. The summed E-state index contributed by atoms with van der Waals surface area (Å²) in [6.07, 6.45) is 5.82. The van der Waals surface area contributed by atoms with Crippen LogP contribution in [0.15, 0.2) is 18.3 Å². The standard InChI is InChI=1S/C16H26N2O/c1-11(2)19-15-6-5-9-17-16(15)18-14-8-7-12(3)10-13(14)4/h5-6,9,11-14H,7-8,10H2,1-4H3,(H,17,18). The van der Waals surface area contributed by atoms with Crippen molar-refractivity contribution in [2.45, 2.75) is 59.1 Å². The molecule has 1 fully saturated rings. The summed E-state index contributed by atoms with van der Waals surface area (Å²) in [5.41, 5.74) is 0. The molecule has 0 aliphatic heterocycles. The molecule has 1 heterocycles. The first-order valence-electron chi connectivity index (χ1n) is 7.44. The van der Waals surface area contributed by atoms with E-state index in [1.54, 1.807) is 0 Å². The third-order valence-corrected chi connectivity index (χ3v) is 3.89. The SMILES string of the molecule is CC1CCC(Nc2ncccc2OC(C)C)C(C)C1. The van der Waals surface area contributed by atoms with Crippen molar-refractivity contribution in [1.82, 2.24) is 4.98 Å². The van der Waals surface area contributed by atoms with Crippen LogP contribution in [-0.4, -0.2) is 17.1 Å². The number of nitrogens with one attached hydrogen (secondary N) is 1. The molecule has 0 radical (unpaired) electrons. The number of ether oxygens (including phenoxy) is 1. The zero-order valence-electron chi connectivity index (χ0n) is 12.5. The van der Waals surface area contributed by atoms with Gasteiger partial charge in [0.05, 0.1) is 6.10 Å². The molecule has 0 amide bonds. The third-order valence-electron chi connectivity index (χ3n) is 3.89. The van der Waals surface area contributed by atoms with Crippen molar-refractivity contribution in [1.29, 1.82) is 0 Å². The van der Waals surface area contributed by atoms with Crippen molar-refractivity contribution >= 4 is 5.82 Å². The molecule has 3 heteroatoms. The number of hydrogen-bond acceptors (Lipinski definition) is 3. The molecule has 0 aromatic carbocycles. The quantitative estimate of drug-likeness (QED) is 0.886. The predicted molar refractivity (Wildman–Crippen MR) is 79.6 cm³/mol. The fourth-order valence-corrected chi connectivity index (χ4v) is 2.90. The van der Waals surface area contributed by atoms with E-state index in [2.05, 4.69) is 24.1 Å². The van der Waals surface area contributed by atoms with Crippen molar-refractivity contribution in [3.63, 3.8) is 0 Å². The topological polar surface area (TPSA) is 34.2 Å². The van der Waals surface area contributed by atoms with Gasteiger partial charge >= 0.3 is 0 Å². The van der Waals surface area contributed by atoms with Crippen LogP contribution in [0.4, 0.5) is 5.82 Å². The van der Waals surface area contributed by atoms with E-state index in [0.717, 1.165) is 17.5 Å². The second-order valence-electron chi connectivity index (χ2n) is 6.16. The molecule has 0 spiro atoms. The first-order valence-corrected chi connectivity index (χ1v) is 7.44. The summed E-state index contributed by atoms with van der Waals surface area (Å²) in [6.45, 7) is 8.77. The lowest BCUT2D eigenvalue weighted by atomic mass is 9.80. The highest BCUT2D eigenvalue weighted by atomic mass is 16.5. The molecular weight excluding hydrogens is 236 g/mol. The largest absolute Gasteiger partial charge is 0.487 e. The fourth-order valence-electron chi connectivity index (χ4n) is 2.90. The molecule has 0 bridgehead atoms. The van der Waals surface area contributed by atoms with Crippen LogP contribution in [0, 0.1) is 11.8 Å². The molecule has 2 rings (SSSR count). The van der Waals surface area contributed by atoms with Gasteiger partial charge in [-0.25, -0.2) is 4.98 Å². The molecule has 3 nitrogen and oxygen atoms in total. The van der Waals surface area contributed by atoms with Gasteiger partial charge in [-0.1, -0.05) is 13.8 Å². The second-order valence-corrected chi connectivity index (χ2v) is 6.16. The number of hydrogen-bond donors (Lipinski definition) is 1. The van der Waals surface area contributed by atoms with Gasteiger partial charge in [-0.05, 0) is 57.1 Å². The van der Waals surface area contributed by atoms with E-state index >= 15 is 0 Å². The van der Waals surface area contributed by atoms with E-state index in [1.165, 1.54) is 19.3 Å². The fraction of sp³-hybridized carbons (Fsp3) is 0.688. The van der Waals surface area contributed by atoms with Gasteiger partial charge in [0.25, 0.3) is 0 Å². The Hall–Kier alpha value is -1.25. The maximum absolute atomic E-state index is 5.82. The number of anilines is 1.